The van der Waals surface area contributed by atoms with Crippen molar-refractivity contribution in [3.8, 4) is 5.75 Å². The van der Waals surface area contributed by atoms with Gasteiger partial charge in [-0.3, -0.25) is 14.6 Å². The molecule has 0 saturated heterocycles. The van der Waals surface area contributed by atoms with Gasteiger partial charge in [-0.05, 0) is 41.8 Å². The van der Waals surface area contributed by atoms with Gasteiger partial charge in [0, 0.05) is 24.2 Å². The van der Waals surface area contributed by atoms with E-state index < -0.39 is 0 Å². The number of benzene rings is 2. The molecule has 6 heteroatoms. The largest absolute Gasteiger partial charge is 0.497 e. The minimum atomic E-state index is -0.0229. The molecule has 136 valence electrons. The number of nitrogens with one attached hydrogen (secondary N) is 1. The Kier molecular flexibility index (Phi) is 6.28. The summed E-state index contributed by atoms with van der Waals surface area (Å²) in [4.78, 5) is 28.4. The van der Waals surface area contributed by atoms with E-state index in [1.807, 2.05) is 36.4 Å². The number of carbonyl (C=O) groups excluding carboxylic acids is 2. The third-order valence-electron chi connectivity index (χ3n) is 4.26. The van der Waals surface area contributed by atoms with E-state index in [4.69, 9.17) is 4.74 Å². The van der Waals surface area contributed by atoms with E-state index in [9.17, 15) is 9.59 Å². The second kappa shape index (κ2) is 8.85. The van der Waals surface area contributed by atoms with Crippen LogP contribution < -0.4 is 10.1 Å². The monoisotopic (exact) mass is 370 g/mol. The van der Waals surface area contributed by atoms with Crippen LogP contribution in [0, 0.1) is 0 Å². The Bertz CT molecular complexity index is 848. The second-order valence-electron chi connectivity index (χ2n) is 6.14. The van der Waals surface area contributed by atoms with E-state index in [-0.39, 0.29) is 11.7 Å². The molecule has 5 nitrogen and oxygen atoms in total. The van der Waals surface area contributed by atoms with Gasteiger partial charge in [0.1, 0.15) is 5.75 Å². The van der Waals surface area contributed by atoms with Crippen LogP contribution in [0.4, 0.5) is 0 Å². The van der Waals surface area contributed by atoms with Crippen molar-refractivity contribution in [1.82, 2.24) is 5.32 Å². The van der Waals surface area contributed by atoms with Crippen molar-refractivity contribution in [2.24, 2.45) is 4.99 Å². The average molecular weight is 370 g/mol. The first kappa shape index (κ1) is 18.5. The number of hydrogen-bond donors (Lipinski definition) is 1. The van der Waals surface area contributed by atoms with Crippen LogP contribution >= 0.6 is 11.8 Å². The number of thioether (sulfide) groups is 1. The van der Waals surface area contributed by atoms with Crippen LogP contribution in [-0.2, 0) is 4.79 Å². The van der Waals surface area contributed by atoms with Crippen molar-refractivity contribution in [3.63, 3.8) is 0 Å². The summed E-state index contributed by atoms with van der Waals surface area (Å²) < 4.78 is 5.22. The molecular weight excluding hydrogens is 348 g/mol. The molecule has 1 N–H and O–H groups in total. The molecule has 0 fully saturated rings. The lowest BCUT2D eigenvalue weighted by Crippen LogP contribution is -2.26. The first-order valence-electron chi connectivity index (χ1n) is 8.74. The van der Waals surface area contributed by atoms with Gasteiger partial charge in [-0.2, -0.15) is 0 Å². The number of ether oxygens (including phenoxy) is 1. The third-order valence-corrected chi connectivity index (χ3v) is 5.15. The van der Waals surface area contributed by atoms with Crippen molar-refractivity contribution >= 4 is 39.4 Å². The first-order chi connectivity index (χ1) is 12.7. The van der Waals surface area contributed by atoms with Crippen molar-refractivity contribution < 1.29 is 14.3 Å². The zero-order chi connectivity index (χ0) is 18.4. The predicted octanol–water partition coefficient (Wildman–Crippen LogP) is 3.81. The number of fused-ring (bicyclic) bond motifs is 1. The molecule has 1 amide bonds. The minimum Gasteiger partial charge on any atom is -0.497 e. The van der Waals surface area contributed by atoms with Crippen LogP contribution in [0.3, 0.4) is 0 Å². The zero-order valence-electron chi connectivity index (χ0n) is 14.8. The summed E-state index contributed by atoms with van der Waals surface area (Å²) in [5.74, 6) is 1.82. The quantitative estimate of drug-likeness (QED) is 0.594. The molecule has 26 heavy (non-hydrogen) atoms. The minimum absolute atomic E-state index is 0.0229. The van der Waals surface area contributed by atoms with Crippen molar-refractivity contribution in [2.45, 2.75) is 25.7 Å². The molecular formula is C20H22N2O3S. The highest BCUT2D eigenvalue weighted by Crippen LogP contribution is 2.22. The third kappa shape index (κ3) is 4.85. The van der Waals surface area contributed by atoms with E-state index in [1.54, 1.807) is 18.9 Å². The highest BCUT2D eigenvalue weighted by Gasteiger charge is 2.11. The van der Waals surface area contributed by atoms with Gasteiger partial charge in [0.2, 0.25) is 5.91 Å². The lowest BCUT2D eigenvalue weighted by atomic mass is 10.0. The fourth-order valence-corrected chi connectivity index (χ4v) is 3.58. The smallest absolute Gasteiger partial charge is 0.225 e. The number of hydrogen-bond acceptors (Lipinski definition) is 5. The molecule has 1 heterocycles. The number of amides is 1. The first-order valence-corrected chi connectivity index (χ1v) is 9.72. The van der Waals surface area contributed by atoms with Gasteiger partial charge in [0.05, 0.1) is 13.7 Å². The predicted molar refractivity (Wildman–Crippen MR) is 106 cm³/mol. The van der Waals surface area contributed by atoms with Crippen LogP contribution in [-0.4, -0.2) is 36.3 Å². The lowest BCUT2D eigenvalue weighted by Gasteiger charge is -2.06. The molecule has 0 bridgehead atoms. The molecule has 0 aliphatic carbocycles. The summed E-state index contributed by atoms with van der Waals surface area (Å²) >= 11 is 1.57. The van der Waals surface area contributed by atoms with Crippen LogP contribution in [0.2, 0.25) is 0 Å². The lowest BCUT2D eigenvalue weighted by molar-refractivity contribution is -0.119. The maximum atomic E-state index is 12.4. The number of methoxy groups -OCH3 is 1. The van der Waals surface area contributed by atoms with Gasteiger partial charge in [-0.25, -0.2) is 0 Å². The Morgan fingerprint density at radius 1 is 1.12 bits per heavy atom. The molecule has 0 radical (unpaired) electrons. The summed E-state index contributed by atoms with van der Waals surface area (Å²) in [7, 11) is 1.64. The molecule has 1 aliphatic heterocycles. The Morgan fingerprint density at radius 2 is 1.88 bits per heavy atom. The number of ketones is 1. The topological polar surface area (TPSA) is 67.8 Å². The molecule has 0 aromatic heterocycles. The SMILES string of the molecule is COc1ccc2cc(C(=O)CCCCC(=O)NC3=NCCS3)ccc2c1. The standard InChI is InChI=1S/C20H22N2O3S/c1-25-17-9-8-14-12-16(7-6-15(14)13-17)18(23)4-2-3-5-19(24)22-20-21-10-11-26-20/h6-9,12-13H,2-5,10-11H2,1H3,(H,21,22,24). The number of unbranched alkanes of at least 4 members (excludes halogenated alkanes) is 1. The summed E-state index contributed by atoms with van der Waals surface area (Å²) in [6.45, 7) is 0.771. The van der Waals surface area contributed by atoms with Crippen molar-refractivity contribution in [2.75, 3.05) is 19.4 Å². The molecule has 2 aromatic rings. The Labute approximate surface area is 157 Å². The van der Waals surface area contributed by atoms with Gasteiger partial charge < -0.3 is 10.1 Å². The summed E-state index contributed by atoms with van der Waals surface area (Å²) in [6.07, 6.45) is 2.27. The van der Waals surface area contributed by atoms with Crippen molar-refractivity contribution in [3.05, 3.63) is 42.0 Å². The van der Waals surface area contributed by atoms with Crippen LogP contribution in [0.25, 0.3) is 10.8 Å². The van der Waals surface area contributed by atoms with E-state index in [2.05, 4.69) is 10.3 Å². The fraction of sp³-hybridized carbons (Fsp3) is 0.350. The van der Waals surface area contributed by atoms with Gasteiger partial charge in [0.25, 0.3) is 0 Å². The Hall–Kier alpha value is -2.34. The molecule has 2 aromatic carbocycles. The summed E-state index contributed by atoms with van der Waals surface area (Å²) in [6, 6.07) is 11.5. The average Bonchev–Trinajstić information content (AvgIpc) is 3.17. The molecule has 1 aliphatic rings. The highest BCUT2D eigenvalue weighted by molar-refractivity contribution is 8.14. The molecule has 0 saturated carbocycles. The summed E-state index contributed by atoms with van der Waals surface area (Å²) in [5, 5.41) is 5.59. The van der Waals surface area contributed by atoms with Crippen LogP contribution in [0.5, 0.6) is 5.75 Å². The van der Waals surface area contributed by atoms with E-state index in [1.165, 1.54) is 0 Å². The number of rotatable bonds is 7. The van der Waals surface area contributed by atoms with Gasteiger partial charge in [0.15, 0.2) is 11.0 Å². The Balaban J connectivity index is 1.47. The van der Waals surface area contributed by atoms with E-state index in [0.717, 1.165) is 34.0 Å². The Morgan fingerprint density at radius 3 is 2.65 bits per heavy atom. The van der Waals surface area contributed by atoms with E-state index in [0.29, 0.717) is 31.2 Å². The van der Waals surface area contributed by atoms with Gasteiger partial charge >= 0.3 is 0 Å². The maximum Gasteiger partial charge on any atom is 0.225 e. The second-order valence-corrected chi connectivity index (χ2v) is 7.23. The van der Waals surface area contributed by atoms with Gasteiger partial charge in [-0.1, -0.05) is 30.0 Å². The van der Waals surface area contributed by atoms with E-state index >= 15 is 0 Å². The molecule has 0 spiro atoms. The highest BCUT2D eigenvalue weighted by atomic mass is 32.2. The maximum absolute atomic E-state index is 12.4. The van der Waals surface area contributed by atoms with Crippen molar-refractivity contribution in [1.29, 1.82) is 0 Å². The fourth-order valence-electron chi connectivity index (χ4n) is 2.83. The summed E-state index contributed by atoms with van der Waals surface area (Å²) in [5.41, 5.74) is 0.712. The van der Waals surface area contributed by atoms with Crippen LogP contribution in [0.1, 0.15) is 36.0 Å². The molecule has 0 unspecified atom stereocenters. The number of carbonyl (C=O) groups is 2. The number of amidine groups is 1. The zero-order valence-corrected chi connectivity index (χ0v) is 15.6. The number of nitrogens with zero attached hydrogens (tertiary/aromatic N) is 1. The molecule has 3 rings (SSSR count). The normalized spacial score (nSPS) is 13.5. The van der Waals surface area contributed by atoms with Gasteiger partial charge in [-0.15, -0.1) is 0 Å². The number of aliphatic imine (C=N–C) groups is 1. The molecule has 0 atom stereocenters. The van der Waals surface area contributed by atoms with Crippen LogP contribution in [0.15, 0.2) is 41.4 Å². The number of Topliss-reactive ketones (excluding diaryl/α,β-unsaturated/α-hetero) is 1.